The van der Waals surface area contributed by atoms with Crippen LogP contribution in [0, 0.1) is 0 Å². The van der Waals surface area contributed by atoms with Crippen molar-refractivity contribution in [2.45, 2.75) is 152 Å². The molecular formula is C56H72N10Na2O14S6. The number of thiocarbonyl (C=S) groups is 2. The van der Waals surface area contributed by atoms with E-state index in [1.807, 2.05) is 37.1 Å². The van der Waals surface area contributed by atoms with Gasteiger partial charge in [-0.15, -0.1) is 0 Å². The molecule has 4 aromatic rings. The van der Waals surface area contributed by atoms with Gasteiger partial charge in [0.1, 0.15) is 20.0 Å². The van der Waals surface area contributed by atoms with Gasteiger partial charge in [-0.3, -0.25) is 19.2 Å². The Hall–Kier alpha value is -5.64. The maximum atomic E-state index is 13.2. The Bertz CT molecular complexity index is 3490. The van der Waals surface area contributed by atoms with Crippen LogP contribution in [0.5, 0.6) is 0 Å². The van der Waals surface area contributed by atoms with Gasteiger partial charge in [0.25, 0.3) is 20.0 Å². The molecule has 0 radical (unpaired) electrons. The quantitative estimate of drug-likeness (QED) is 0.0254. The zero-order valence-corrected chi connectivity index (χ0v) is 60.0. The normalized spacial score (nSPS) is 11.4. The molecule has 6 amide bonds. The molecule has 0 fully saturated rings. The van der Waals surface area contributed by atoms with E-state index in [-0.39, 0.29) is 160 Å². The first-order valence-corrected chi connectivity index (χ1v) is 33.6. The van der Waals surface area contributed by atoms with Crippen molar-refractivity contribution in [3.8, 4) is 0 Å². The van der Waals surface area contributed by atoms with Gasteiger partial charge in [-0.05, 0) is 149 Å². The van der Waals surface area contributed by atoms with E-state index >= 15 is 0 Å². The zero-order valence-electron chi connectivity index (χ0n) is 51.1. The topological polar surface area (TPSA) is 363 Å². The molecule has 0 heterocycles. The van der Waals surface area contributed by atoms with Crippen LogP contribution in [0.25, 0.3) is 33.7 Å². The van der Waals surface area contributed by atoms with Crippen molar-refractivity contribution in [1.29, 1.82) is 0 Å². The van der Waals surface area contributed by atoms with Crippen LogP contribution in [-0.2, 0) is 68.9 Å². The summed E-state index contributed by atoms with van der Waals surface area (Å²) in [6.07, 6.45) is 6.88. The van der Waals surface area contributed by atoms with Crippen LogP contribution >= 0.6 is 24.4 Å². The van der Waals surface area contributed by atoms with Crippen LogP contribution < -0.4 is 100 Å². The van der Waals surface area contributed by atoms with Gasteiger partial charge in [-0.2, -0.15) is 0 Å². The number of rotatable bonds is 26. The van der Waals surface area contributed by atoms with E-state index in [0.29, 0.717) is 37.1 Å². The third-order valence-corrected chi connectivity index (χ3v) is 16.9. The van der Waals surface area contributed by atoms with Gasteiger partial charge in [-0.25, -0.2) is 43.1 Å². The molecule has 0 aliphatic heterocycles. The molecule has 24 nitrogen and oxygen atoms in total. The predicted molar refractivity (Wildman–Crippen MR) is 343 cm³/mol. The third-order valence-electron chi connectivity index (χ3n) is 10.9. The first-order valence-electron chi connectivity index (χ1n) is 26.9. The Morgan fingerprint density at radius 1 is 0.432 bits per heavy atom. The van der Waals surface area contributed by atoms with E-state index in [9.17, 15) is 62.4 Å². The number of sulfonamides is 4. The van der Waals surface area contributed by atoms with Crippen LogP contribution in [0.4, 0.5) is 22.7 Å². The molecule has 32 heteroatoms. The molecule has 0 aliphatic carbocycles. The van der Waals surface area contributed by atoms with E-state index in [4.69, 9.17) is 24.4 Å². The third kappa shape index (κ3) is 27.2. The molecular weight excluding hydrogens is 1280 g/mol. The van der Waals surface area contributed by atoms with E-state index in [1.54, 1.807) is 39.8 Å². The van der Waals surface area contributed by atoms with Crippen LogP contribution in [0.2, 0.25) is 0 Å². The van der Waals surface area contributed by atoms with Crippen molar-refractivity contribution >= 4 is 157 Å². The summed E-state index contributed by atoms with van der Waals surface area (Å²) in [7, 11) is -17.7. The first kappa shape index (κ1) is 80.4. The van der Waals surface area contributed by atoms with Crippen molar-refractivity contribution in [3.05, 3.63) is 104 Å². The molecule has 4 aromatic carbocycles. The molecule has 0 saturated heterocycles. The largest absolute Gasteiger partial charge is 1.00 e. The summed E-state index contributed by atoms with van der Waals surface area (Å²) in [5.41, 5.74) is 1.37. The fourth-order valence-electron chi connectivity index (χ4n) is 7.39. The van der Waals surface area contributed by atoms with Crippen molar-refractivity contribution in [3.63, 3.8) is 0 Å². The van der Waals surface area contributed by atoms with Crippen LogP contribution in [-0.4, -0.2) is 91.4 Å². The van der Waals surface area contributed by atoms with Crippen molar-refractivity contribution in [2.75, 3.05) is 21.3 Å². The van der Waals surface area contributed by atoms with Gasteiger partial charge in [0.05, 0.1) is 31.4 Å². The summed E-state index contributed by atoms with van der Waals surface area (Å²) in [5, 5.41) is 17.3. The number of hydrogen-bond acceptors (Lipinski definition) is 16. The minimum Gasteiger partial charge on any atom is -0.542 e. The molecule has 88 heavy (non-hydrogen) atoms. The van der Waals surface area contributed by atoms with Crippen molar-refractivity contribution in [1.82, 2.24) is 20.1 Å². The smallest absolute Gasteiger partial charge is 0.542 e. The summed E-state index contributed by atoms with van der Waals surface area (Å²) in [5.74, 6) is -3.90. The Kier molecular flexibility index (Phi) is 34.3. The SMILES string of the molecule is CCCC(=O)[N-]S(=O)(=O)c1cc(NC(=S)NC(C)C)ccc1/C=C/c1ccc(NC(C)=O)cc1S(=O)(=O)NC(=O)CCC.CCCC(=O)[N-]S(=O)(=O)c1cc(NC(=S)NC(C)C)ccc1/C=C/c1ccc(NC(C)=O)cc1S(=O)(=O)NC(=O)CCC.[Na+].[Na+]. The van der Waals surface area contributed by atoms with E-state index < -0.39 is 75.5 Å². The Morgan fingerprint density at radius 2 is 0.693 bits per heavy atom. The Labute approximate surface area is 571 Å². The number of benzene rings is 4. The summed E-state index contributed by atoms with van der Waals surface area (Å²) < 4.78 is 117. The van der Waals surface area contributed by atoms with Gasteiger partial charge in [0.15, 0.2) is 10.2 Å². The second-order valence-corrected chi connectivity index (χ2v) is 26.8. The van der Waals surface area contributed by atoms with Gasteiger partial charge in [-0.1, -0.05) is 89.1 Å². The second kappa shape index (κ2) is 37.5. The van der Waals surface area contributed by atoms with Crippen LogP contribution in [0.1, 0.15) is 143 Å². The second-order valence-electron chi connectivity index (χ2n) is 19.5. The van der Waals surface area contributed by atoms with Crippen LogP contribution in [0.3, 0.4) is 0 Å². The minimum absolute atomic E-state index is 0. The Balaban J connectivity index is 0.000000860. The number of carbonyl (C=O) groups is 6. The summed E-state index contributed by atoms with van der Waals surface area (Å²) in [6, 6.07) is 16.7. The summed E-state index contributed by atoms with van der Waals surface area (Å²) in [4.78, 5) is 70.5. The molecule has 468 valence electrons. The number of nitrogens with zero attached hydrogens (tertiary/aromatic N) is 2. The van der Waals surface area contributed by atoms with Crippen molar-refractivity contribution in [2.24, 2.45) is 0 Å². The molecule has 8 N–H and O–H groups in total. The van der Waals surface area contributed by atoms with Gasteiger partial charge >= 0.3 is 59.1 Å². The van der Waals surface area contributed by atoms with Gasteiger partial charge in [0.2, 0.25) is 23.6 Å². The number of hydrogen-bond donors (Lipinski definition) is 8. The number of anilines is 4. The zero-order chi connectivity index (χ0) is 64.7. The molecule has 0 bridgehead atoms. The maximum absolute atomic E-state index is 13.2. The molecule has 4 rings (SSSR count). The molecule has 0 aliphatic rings. The number of nitrogens with one attached hydrogen (secondary N) is 8. The maximum Gasteiger partial charge on any atom is 1.00 e. The molecule has 0 spiro atoms. The van der Waals surface area contributed by atoms with Crippen molar-refractivity contribution < 1.29 is 122 Å². The standard InChI is InChI=1S/2C28H37N5O7S3.2Na/c2*1-6-8-26(35)32-42(37,38)24-16-22(30-19(5)34)14-12-20(24)10-11-21-13-15-23(31-28(41)29-18(3)4)17-25(21)43(39,40)33-27(36)9-7-2;;/h2*10-18H,6-9H2,1-5H3,(H5,29,30,31,32,33,34,35,36,41);;/q;;2*+1/p-2/b2*11-10+;;. The average molecular weight is 1350 g/mol. The molecule has 0 aromatic heterocycles. The van der Waals surface area contributed by atoms with E-state index in [2.05, 4.69) is 41.3 Å². The minimum atomic E-state index is -4.48. The monoisotopic (exact) mass is 1350 g/mol. The number of amides is 6. The summed E-state index contributed by atoms with van der Waals surface area (Å²) >= 11 is 10.5. The van der Waals surface area contributed by atoms with E-state index in [0.717, 1.165) is 0 Å². The Morgan fingerprint density at radius 3 is 0.955 bits per heavy atom. The van der Waals surface area contributed by atoms with Gasteiger partial charge in [0, 0.05) is 61.5 Å². The molecule has 0 unspecified atom stereocenters. The average Bonchev–Trinajstić information content (AvgIpc) is 1.89. The summed E-state index contributed by atoms with van der Waals surface area (Å²) in [6.45, 7) is 16.9. The van der Waals surface area contributed by atoms with Gasteiger partial charge < -0.3 is 50.9 Å². The van der Waals surface area contributed by atoms with E-state index in [1.165, 1.54) is 98.8 Å². The fourth-order valence-corrected chi connectivity index (χ4v) is 12.9. The first-order chi connectivity index (χ1) is 40.1. The fraction of sp³-hybridized carbons (Fsp3) is 0.357. The molecule has 0 saturated carbocycles. The predicted octanol–water partition coefficient (Wildman–Crippen LogP) is 3.02. The molecule has 0 atom stereocenters. The number of carbonyl (C=O) groups excluding carboxylic acids is 6. The van der Waals surface area contributed by atoms with Crippen LogP contribution in [0.15, 0.2) is 92.4 Å².